The number of aliphatic hydroxyl groups is 1. The van der Waals surface area contributed by atoms with E-state index < -0.39 is 0 Å². The Hall–Kier alpha value is -1.75. The number of aliphatic hydroxyl groups excluding tert-OH is 1. The van der Waals surface area contributed by atoms with E-state index in [1.807, 2.05) is 48.5 Å². The minimum atomic E-state index is -0.0408. The largest absolute Gasteiger partial charge is 0.456 e. The van der Waals surface area contributed by atoms with Crippen LogP contribution in [0.25, 0.3) is 22.3 Å². The molecule has 0 fully saturated rings. The zero-order valence-electron chi connectivity index (χ0n) is 11.0. The van der Waals surface area contributed by atoms with Gasteiger partial charge in [-0.25, -0.2) is 0 Å². The number of benzene rings is 2. The number of hydrogen-bond donors (Lipinski definition) is 1. The van der Waals surface area contributed by atoms with Crippen molar-refractivity contribution in [2.45, 2.75) is 11.5 Å². The van der Waals surface area contributed by atoms with Gasteiger partial charge in [0.1, 0.15) is 11.3 Å². The predicted octanol–water partition coefficient (Wildman–Crippen LogP) is 4.25. The molecule has 0 unspecified atom stereocenters. The van der Waals surface area contributed by atoms with Crippen molar-refractivity contribution in [2.24, 2.45) is 0 Å². The standard InChI is InChI=1S/C16H14O3S/c1-18-20-12-8-6-11(7-9-12)16-14(10-17)13-4-2-3-5-15(13)19-16/h2-9,17H,10H2,1H3. The van der Waals surface area contributed by atoms with Gasteiger partial charge in [-0.15, -0.1) is 0 Å². The fourth-order valence-electron chi connectivity index (χ4n) is 2.25. The zero-order chi connectivity index (χ0) is 13.9. The van der Waals surface area contributed by atoms with Gasteiger partial charge < -0.3 is 13.7 Å². The van der Waals surface area contributed by atoms with E-state index in [2.05, 4.69) is 0 Å². The average Bonchev–Trinajstić information content (AvgIpc) is 2.87. The molecule has 0 saturated carbocycles. The summed E-state index contributed by atoms with van der Waals surface area (Å²) in [4.78, 5) is 1.03. The summed E-state index contributed by atoms with van der Waals surface area (Å²) in [5.74, 6) is 0.725. The monoisotopic (exact) mass is 286 g/mol. The van der Waals surface area contributed by atoms with Crippen LogP contribution in [0.3, 0.4) is 0 Å². The van der Waals surface area contributed by atoms with Crippen LogP contribution >= 0.6 is 12.0 Å². The Kier molecular flexibility index (Phi) is 3.78. The maximum Gasteiger partial charge on any atom is 0.140 e. The molecule has 1 heterocycles. The summed E-state index contributed by atoms with van der Waals surface area (Å²) in [7, 11) is 1.64. The molecule has 0 bridgehead atoms. The highest BCUT2D eigenvalue weighted by molar-refractivity contribution is 7.94. The zero-order valence-corrected chi connectivity index (χ0v) is 11.8. The van der Waals surface area contributed by atoms with Crippen LogP contribution < -0.4 is 0 Å². The lowest BCUT2D eigenvalue weighted by atomic mass is 10.1. The molecule has 0 saturated heterocycles. The summed E-state index contributed by atoms with van der Waals surface area (Å²) >= 11 is 1.31. The summed E-state index contributed by atoms with van der Waals surface area (Å²) in [6, 6.07) is 15.6. The number of hydrogen-bond acceptors (Lipinski definition) is 4. The van der Waals surface area contributed by atoms with E-state index in [0.29, 0.717) is 0 Å². The lowest BCUT2D eigenvalue weighted by molar-refractivity contribution is 0.282. The second-order valence-corrected chi connectivity index (χ2v) is 5.31. The Labute approximate surface area is 121 Å². The quantitative estimate of drug-likeness (QED) is 0.728. The molecule has 1 N–H and O–H groups in total. The maximum absolute atomic E-state index is 9.62. The molecule has 0 radical (unpaired) electrons. The van der Waals surface area contributed by atoms with E-state index in [0.717, 1.165) is 32.8 Å². The van der Waals surface area contributed by atoms with Crippen LogP contribution in [0.2, 0.25) is 0 Å². The van der Waals surface area contributed by atoms with Crippen molar-refractivity contribution in [3.8, 4) is 11.3 Å². The van der Waals surface area contributed by atoms with Gasteiger partial charge in [0, 0.05) is 33.5 Å². The van der Waals surface area contributed by atoms with Gasteiger partial charge in [-0.1, -0.05) is 30.3 Å². The Morgan fingerprint density at radius 2 is 1.85 bits per heavy atom. The van der Waals surface area contributed by atoms with Crippen LogP contribution in [0.15, 0.2) is 57.8 Å². The molecule has 0 spiro atoms. The average molecular weight is 286 g/mol. The van der Waals surface area contributed by atoms with Crippen LogP contribution in [0, 0.1) is 0 Å². The number of rotatable bonds is 4. The van der Waals surface area contributed by atoms with Gasteiger partial charge in [-0.05, 0) is 18.2 Å². The van der Waals surface area contributed by atoms with Crippen LogP contribution in [-0.4, -0.2) is 12.2 Å². The van der Waals surface area contributed by atoms with Crippen LogP contribution in [0.1, 0.15) is 5.56 Å². The van der Waals surface area contributed by atoms with Gasteiger partial charge in [0.15, 0.2) is 0 Å². The van der Waals surface area contributed by atoms with Crippen molar-refractivity contribution in [3.63, 3.8) is 0 Å². The number of fused-ring (bicyclic) bond motifs is 1. The molecular formula is C16H14O3S. The van der Waals surface area contributed by atoms with E-state index in [4.69, 9.17) is 8.60 Å². The Morgan fingerprint density at radius 1 is 1.10 bits per heavy atom. The number of para-hydroxylation sites is 1. The molecule has 4 heteroatoms. The molecule has 0 aliphatic carbocycles. The van der Waals surface area contributed by atoms with Crippen molar-refractivity contribution in [1.82, 2.24) is 0 Å². The lowest BCUT2D eigenvalue weighted by Crippen LogP contribution is -1.85. The summed E-state index contributed by atoms with van der Waals surface area (Å²) in [5.41, 5.74) is 2.57. The second-order valence-electron chi connectivity index (χ2n) is 4.34. The molecule has 0 aliphatic heterocycles. The lowest BCUT2D eigenvalue weighted by Gasteiger charge is -2.02. The van der Waals surface area contributed by atoms with E-state index in [1.165, 1.54) is 12.0 Å². The molecule has 3 rings (SSSR count). The van der Waals surface area contributed by atoms with Crippen LogP contribution in [0.4, 0.5) is 0 Å². The van der Waals surface area contributed by atoms with Crippen molar-refractivity contribution >= 4 is 23.0 Å². The molecule has 0 atom stereocenters. The normalized spacial score (nSPS) is 11.1. The third-order valence-electron chi connectivity index (χ3n) is 3.15. The first kappa shape index (κ1) is 13.2. The summed E-state index contributed by atoms with van der Waals surface area (Å²) < 4.78 is 10.9. The van der Waals surface area contributed by atoms with E-state index >= 15 is 0 Å². The molecular weight excluding hydrogens is 272 g/mol. The smallest absolute Gasteiger partial charge is 0.140 e. The summed E-state index contributed by atoms with van der Waals surface area (Å²) in [6.45, 7) is -0.0408. The first-order valence-corrected chi connectivity index (χ1v) is 7.00. The third-order valence-corrected chi connectivity index (χ3v) is 3.78. The van der Waals surface area contributed by atoms with Gasteiger partial charge in [0.05, 0.1) is 13.7 Å². The molecule has 0 amide bonds. The highest BCUT2D eigenvalue weighted by atomic mass is 32.2. The van der Waals surface area contributed by atoms with Crippen molar-refractivity contribution < 1.29 is 13.7 Å². The molecule has 2 aromatic carbocycles. The van der Waals surface area contributed by atoms with Crippen molar-refractivity contribution in [2.75, 3.05) is 7.11 Å². The SMILES string of the molecule is COSc1ccc(-c2oc3ccccc3c2CO)cc1. The first-order valence-electron chi connectivity index (χ1n) is 6.26. The van der Waals surface area contributed by atoms with Crippen molar-refractivity contribution in [3.05, 3.63) is 54.1 Å². The van der Waals surface area contributed by atoms with Gasteiger partial charge in [-0.3, -0.25) is 0 Å². The molecule has 3 nitrogen and oxygen atoms in total. The van der Waals surface area contributed by atoms with E-state index in [-0.39, 0.29) is 6.61 Å². The van der Waals surface area contributed by atoms with Gasteiger partial charge in [-0.2, -0.15) is 0 Å². The molecule has 3 aromatic rings. The Morgan fingerprint density at radius 3 is 2.55 bits per heavy atom. The van der Waals surface area contributed by atoms with E-state index in [9.17, 15) is 5.11 Å². The number of furan rings is 1. The van der Waals surface area contributed by atoms with Gasteiger partial charge in [0.2, 0.25) is 0 Å². The minimum absolute atomic E-state index is 0.0408. The van der Waals surface area contributed by atoms with Crippen LogP contribution in [0.5, 0.6) is 0 Å². The highest BCUT2D eigenvalue weighted by Gasteiger charge is 2.14. The Bertz CT molecular complexity index is 716. The fraction of sp³-hybridized carbons (Fsp3) is 0.125. The van der Waals surface area contributed by atoms with Crippen LogP contribution in [-0.2, 0) is 10.8 Å². The summed E-state index contributed by atoms with van der Waals surface area (Å²) in [5, 5.41) is 10.6. The summed E-state index contributed by atoms with van der Waals surface area (Å²) in [6.07, 6.45) is 0. The topological polar surface area (TPSA) is 42.6 Å². The van der Waals surface area contributed by atoms with Crippen molar-refractivity contribution in [1.29, 1.82) is 0 Å². The second kappa shape index (κ2) is 5.71. The predicted molar refractivity (Wildman–Crippen MR) is 80.4 cm³/mol. The third kappa shape index (κ3) is 2.33. The molecule has 102 valence electrons. The maximum atomic E-state index is 9.62. The Balaban J connectivity index is 2.09. The minimum Gasteiger partial charge on any atom is -0.456 e. The molecule has 20 heavy (non-hydrogen) atoms. The fourth-order valence-corrected chi connectivity index (χ4v) is 2.69. The first-order chi connectivity index (χ1) is 9.83. The van der Waals surface area contributed by atoms with Gasteiger partial charge >= 0.3 is 0 Å². The van der Waals surface area contributed by atoms with Gasteiger partial charge in [0.25, 0.3) is 0 Å². The highest BCUT2D eigenvalue weighted by Crippen LogP contribution is 2.34. The molecule has 1 aromatic heterocycles. The molecule has 0 aliphatic rings. The van der Waals surface area contributed by atoms with E-state index in [1.54, 1.807) is 7.11 Å².